The summed E-state index contributed by atoms with van der Waals surface area (Å²) in [6, 6.07) is 6.06. The van der Waals surface area contributed by atoms with Gasteiger partial charge in [0, 0.05) is 31.2 Å². The number of nitrogens with one attached hydrogen (secondary N) is 2. The van der Waals surface area contributed by atoms with Crippen molar-refractivity contribution in [2.45, 2.75) is 39.7 Å². The topological polar surface area (TPSA) is 111 Å². The molecule has 162 valence electrons. The zero-order chi connectivity index (χ0) is 21.8. The molecule has 0 aliphatic carbocycles. The van der Waals surface area contributed by atoms with Crippen molar-refractivity contribution in [3.63, 3.8) is 0 Å². The highest BCUT2D eigenvalue weighted by atomic mass is 16.6. The minimum atomic E-state index is -0.381. The summed E-state index contributed by atoms with van der Waals surface area (Å²) in [7, 11) is 0. The normalized spacial score (nSPS) is 11.4. The first-order valence-corrected chi connectivity index (χ1v) is 10.3. The minimum Gasteiger partial charge on any atom is -0.447 e. The summed E-state index contributed by atoms with van der Waals surface area (Å²) in [4.78, 5) is 20.4. The van der Waals surface area contributed by atoms with Crippen molar-refractivity contribution in [1.82, 2.24) is 34.4 Å². The summed E-state index contributed by atoms with van der Waals surface area (Å²) in [6.45, 7) is 6.83. The number of imidazole rings is 1. The van der Waals surface area contributed by atoms with Gasteiger partial charge < -0.3 is 19.9 Å². The number of carbonyl (C=O) groups excluding carboxylic acids is 1. The highest BCUT2D eigenvalue weighted by molar-refractivity contribution is 5.84. The molecule has 4 aromatic rings. The molecule has 1 aromatic carbocycles. The molecule has 0 unspecified atom stereocenters. The first-order valence-electron chi connectivity index (χ1n) is 10.3. The van der Waals surface area contributed by atoms with Crippen LogP contribution in [0.3, 0.4) is 0 Å². The maximum absolute atomic E-state index is 11.5. The lowest BCUT2D eigenvalue weighted by atomic mass is 10.2. The van der Waals surface area contributed by atoms with Crippen LogP contribution in [0.4, 0.5) is 10.6 Å². The second-order valence-corrected chi connectivity index (χ2v) is 7.52. The Morgan fingerprint density at radius 3 is 2.81 bits per heavy atom. The van der Waals surface area contributed by atoms with Crippen molar-refractivity contribution in [3.8, 4) is 5.69 Å². The van der Waals surface area contributed by atoms with Gasteiger partial charge in [-0.1, -0.05) is 0 Å². The lowest BCUT2D eigenvalue weighted by molar-refractivity contribution is 0.115. The van der Waals surface area contributed by atoms with Gasteiger partial charge in [0.15, 0.2) is 5.82 Å². The maximum Gasteiger partial charge on any atom is 0.407 e. The zero-order valence-electron chi connectivity index (χ0n) is 17.9. The lowest BCUT2D eigenvalue weighted by Gasteiger charge is -2.12. The average molecular weight is 422 g/mol. The molecule has 0 fully saturated rings. The van der Waals surface area contributed by atoms with E-state index in [2.05, 4.69) is 25.8 Å². The summed E-state index contributed by atoms with van der Waals surface area (Å²) in [6.07, 6.45) is 6.57. The van der Waals surface area contributed by atoms with Crippen LogP contribution in [0.25, 0.3) is 22.4 Å². The van der Waals surface area contributed by atoms with Crippen LogP contribution < -0.4 is 10.6 Å². The molecule has 31 heavy (non-hydrogen) atoms. The maximum atomic E-state index is 11.5. The molecule has 0 aliphatic rings. The third-order valence-corrected chi connectivity index (χ3v) is 4.78. The van der Waals surface area contributed by atoms with Gasteiger partial charge in [0.2, 0.25) is 5.65 Å². The second-order valence-electron chi connectivity index (χ2n) is 7.52. The Morgan fingerprint density at radius 1 is 1.19 bits per heavy atom. The number of nitrogens with zero attached hydrogens (tertiary/aromatic N) is 6. The number of hydrogen-bond acceptors (Lipinski definition) is 7. The van der Waals surface area contributed by atoms with Crippen molar-refractivity contribution < 1.29 is 9.53 Å². The molecule has 0 aliphatic heterocycles. The molecule has 0 saturated carbocycles. The van der Waals surface area contributed by atoms with E-state index in [1.54, 1.807) is 12.5 Å². The van der Waals surface area contributed by atoms with E-state index in [0.29, 0.717) is 24.6 Å². The number of ether oxygens (including phenoxy) is 1. The number of alkyl carbamates (subject to hydrolysis) is 1. The summed E-state index contributed by atoms with van der Waals surface area (Å²) in [5, 5.41) is 14.7. The Morgan fingerprint density at radius 2 is 2.03 bits per heavy atom. The average Bonchev–Trinajstić information content (AvgIpc) is 3.40. The number of rotatable bonds is 8. The fourth-order valence-electron chi connectivity index (χ4n) is 3.36. The van der Waals surface area contributed by atoms with E-state index in [0.717, 1.165) is 35.4 Å². The first kappa shape index (κ1) is 20.6. The second kappa shape index (κ2) is 8.99. The minimum absolute atomic E-state index is 0.121. The molecule has 1 amide bonds. The van der Waals surface area contributed by atoms with Crippen LogP contribution in [0.1, 0.15) is 32.5 Å². The molecule has 0 radical (unpaired) electrons. The Labute approximate surface area is 179 Å². The van der Waals surface area contributed by atoms with E-state index in [1.807, 2.05) is 54.1 Å². The smallest absolute Gasteiger partial charge is 0.407 e. The lowest BCUT2D eigenvalue weighted by Crippen LogP contribution is -2.27. The van der Waals surface area contributed by atoms with Crippen molar-refractivity contribution in [1.29, 1.82) is 0 Å². The number of aromatic nitrogens is 6. The molecule has 0 atom stereocenters. The summed E-state index contributed by atoms with van der Waals surface area (Å²) < 4.78 is 9.00. The highest BCUT2D eigenvalue weighted by Gasteiger charge is 2.13. The van der Waals surface area contributed by atoms with E-state index in [4.69, 9.17) is 9.72 Å². The molecular weight excluding hydrogens is 396 g/mol. The van der Waals surface area contributed by atoms with Crippen molar-refractivity contribution in [3.05, 3.63) is 42.7 Å². The summed E-state index contributed by atoms with van der Waals surface area (Å²) >= 11 is 0. The number of carbonyl (C=O) groups is 1. The van der Waals surface area contributed by atoms with Crippen LogP contribution in [0.2, 0.25) is 0 Å². The number of hydrogen-bond donors (Lipinski definition) is 2. The summed E-state index contributed by atoms with van der Waals surface area (Å²) in [5.41, 5.74) is 3.45. The molecule has 2 N–H and O–H groups in total. The largest absolute Gasteiger partial charge is 0.447 e. The number of anilines is 1. The van der Waals surface area contributed by atoms with E-state index in [9.17, 15) is 4.79 Å². The molecule has 10 heteroatoms. The van der Waals surface area contributed by atoms with Gasteiger partial charge >= 0.3 is 6.09 Å². The monoisotopic (exact) mass is 422 g/mol. The van der Waals surface area contributed by atoms with Gasteiger partial charge in [-0.25, -0.2) is 14.8 Å². The van der Waals surface area contributed by atoms with Crippen molar-refractivity contribution in [2.75, 3.05) is 18.4 Å². The van der Waals surface area contributed by atoms with E-state index in [1.165, 1.54) is 0 Å². The number of benzene rings is 1. The van der Waals surface area contributed by atoms with Gasteiger partial charge in [0.1, 0.15) is 5.82 Å². The van der Waals surface area contributed by atoms with E-state index >= 15 is 0 Å². The van der Waals surface area contributed by atoms with Gasteiger partial charge in [-0.3, -0.25) is 4.40 Å². The highest BCUT2D eigenvalue weighted by Crippen LogP contribution is 2.23. The Kier molecular flexibility index (Phi) is 5.96. The number of aryl methyl sites for hydroxylation is 1. The molecule has 0 spiro atoms. The zero-order valence-corrected chi connectivity index (χ0v) is 17.9. The van der Waals surface area contributed by atoms with Crippen LogP contribution in [-0.4, -0.2) is 54.4 Å². The van der Waals surface area contributed by atoms with Gasteiger partial charge in [0.05, 0.1) is 23.5 Å². The molecule has 3 aromatic heterocycles. The number of amides is 1. The van der Waals surface area contributed by atoms with Crippen molar-refractivity contribution in [2.24, 2.45) is 0 Å². The fourth-order valence-corrected chi connectivity index (χ4v) is 3.36. The molecule has 3 heterocycles. The molecule has 0 saturated heterocycles. The third-order valence-electron chi connectivity index (χ3n) is 4.78. The van der Waals surface area contributed by atoms with E-state index < -0.39 is 0 Å². The quantitative estimate of drug-likeness (QED) is 0.420. The predicted octanol–water partition coefficient (Wildman–Crippen LogP) is 3.10. The molecule has 10 nitrogen and oxygen atoms in total. The van der Waals surface area contributed by atoms with Gasteiger partial charge in [0.25, 0.3) is 0 Å². The third kappa shape index (κ3) is 4.57. The SMILES string of the molecule is Cc1nnc2c(NCCCCNC(=O)OC(C)C)nc3cc(-n4ccnc4)ccc3n12. The Balaban J connectivity index is 1.47. The van der Waals surface area contributed by atoms with Gasteiger partial charge in [-0.2, -0.15) is 0 Å². The van der Waals surface area contributed by atoms with Crippen LogP contribution in [0, 0.1) is 6.92 Å². The first-order chi connectivity index (χ1) is 15.0. The van der Waals surface area contributed by atoms with Crippen LogP contribution >= 0.6 is 0 Å². The summed E-state index contributed by atoms with van der Waals surface area (Å²) in [5.74, 6) is 1.48. The Hall–Kier alpha value is -3.69. The molecular formula is C21H26N8O2. The predicted molar refractivity (Wildman–Crippen MR) is 117 cm³/mol. The Bertz CT molecular complexity index is 1180. The standard InChI is InChI=1S/C21H26N8O2/c1-14(2)31-21(30)24-9-5-4-8-23-19-20-27-26-15(3)29(20)18-7-6-16(12-17(18)25-19)28-11-10-22-13-28/h6-7,10-14H,4-5,8-9H2,1-3H3,(H,23,25)(H,24,30). The molecule has 0 bridgehead atoms. The van der Waals surface area contributed by atoms with Gasteiger partial charge in [-0.05, 0) is 51.8 Å². The fraction of sp³-hybridized carbons (Fsp3) is 0.381. The number of fused-ring (bicyclic) bond motifs is 3. The van der Waals surface area contributed by atoms with Crippen LogP contribution in [-0.2, 0) is 4.74 Å². The molecule has 4 rings (SSSR count). The van der Waals surface area contributed by atoms with Crippen LogP contribution in [0.5, 0.6) is 0 Å². The van der Waals surface area contributed by atoms with Crippen molar-refractivity contribution >= 4 is 28.6 Å². The van der Waals surface area contributed by atoms with E-state index in [-0.39, 0.29) is 12.2 Å². The number of unbranched alkanes of at least 4 members (excludes halogenated alkanes) is 1. The van der Waals surface area contributed by atoms with Gasteiger partial charge in [-0.15, -0.1) is 10.2 Å². The van der Waals surface area contributed by atoms with Crippen LogP contribution in [0.15, 0.2) is 36.9 Å².